The van der Waals surface area contributed by atoms with Gasteiger partial charge in [-0.3, -0.25) is 0 Å². The van der Waals surface area contributed by atoms with Gasteiger partial charge in [0.05, 0.1) is 16.1 Å². The molecule has 1 aliphatic rings. The minimum Gasteiger partial charge on any atom is -0.496 e. The van der Waals surface area contributed by atoms with Crippen LogP contribution in [0, 0.1) is 0 Å². The Hall–Kier alpha value is -0.260. The van der Waals surface area contributed by atoms with Gasteiger partial charge in [0.25, 0.3) is 0 Å². The minimum absolute atomic E-state index is 0.299. The van der Waals surface area contributed by atoms with Crippen LogP contribution in [0.3, 0.4) is 0 Å². The number of hydrogen-bond acceptors (Lipinski definition) is 3. The van der Waals surface area contributed by atoms with Crippen molar-refractivity contribution in [3.05, 3.63) is 21.1 Å². The molecule has 0 saturated carbocycles. The minimum atomic E-state index is 0.299. The first-order valence-electron chi connectivity index (χ1n) is 5.61. The summed E-state index contributed by atoms with van der Waals surface area (Å²) in [7, 11) is 1.65. The van der Waals surface area contributed by atoms with Gasteiger partial charge in [0.15, 0.2) is 0 Å². The van der Waals surface area contributed by atoms with Crippen molar-refractivity contribution in [3.8, 4) is 11.5 Å². The molecule has 94 valence electrons. The second kappa shape index (κ2) is 6.07. The Bertz CT molecular complexity index is 392. The van der Waals surface area contributed by atoms with Gasteiger partial charge in [0.2, 0.25) is 0 Å². The number of piperidine rings is 1. The lowest BCUT2D eigenvalue weighted by Gasteiger charge is -2.24. The smallest absolute Gasteiger partial charge is 0.135 e. The van der Waals surface area contributed by atoms with E-state index in [1.54, 1.807) is 7.11 Å². The van der Waals surface area contributed by atoms with E-state index in [4.69, 9.17) is 9.47 Å². The third-order valence-corrected chi connectivity index (χ3v) is 4.03. The molecule has 0 amide bonds. The van der Waals surface area contributed by atoms with Crippen LogP contribution in [0.5, 0.6) is 11.5 Å². The Balaban J connectivity index is 2.12. The molecule has 3 nitrogen and oxygen atoms in total. The Morgan fingerprint density at radius 2 is 1.71 bits per heavy atom. The molecule has 0 atom stereocenters. The van der Waals surface area contributed by atoms with Gasteiger partial charge in [-0.1, -0.05) is 0 Å². The SMILES string of the molecule is COc1cc(Br)c(OC2CCNCC2)cc1Br. The zero-order valence-corrected chi connectivity index (χ0v) is 12.8. The highest BCUT2D eigenvalue weighted by molar-refractivity contribution is 9.11. The third-order valence-electron chi connectivity index (χ3n) is 2.79. The molecule has 0 unspecified atom stereocenters. The first-order chi connectivity index (χ1) is 8.20. The van der Waals surface area contributed by atoms with Crippen LogP contribution in [-0.4, -0.2) is 26.3 Å². The fraction of sp³-hybridized carbons (Fsp3) is 0.500. The maximum Gasteiger partial charge on any atom is 0.135 e. The summed E-state index contributed by atoms with van der Waals surface area (Å²) in [6, 6.07) is 3.87. The standard InChI is InChI=1S/C12H15Br2NO2/c1-16-11-6-10(14)12(7-9(11)13)17-8-2-4-15-5-3-8/h6-8,15H,2-5H2,1H3. The Morgan fingerprint density at radius 3 is 2.35 bits per heavy atom. The molecule has 17 heavy (non-hydrogen) atoms. The monoisotopic (exact) mass is 363 g/mol. The van der Waals surface area contributed by atoms with Crippen LogP contribution in [0.4, 0.5) is 0 Å². The summed E-state index contributed by atoms with van der Waals surface area (Å²) in [5, 5.41) is 3.32. The zero-order valence-electron chi connectivity index (χ0n) is 9.63. The number of benzene rings is 1. The molecule has 0 aromatic heterocycles. The zero-order chi connectivity index (χ0) is 12.3. The highest BCUT2D eigenvalue weighted by Gasteiger charge is 2.17. The molecular formula is C12H15Br2NO2. The molecule has 1 aliphatic heterocycles. The Morgan fingerprint density at radius 1 is 1.12 bits per heavy atom. The predicted octanol–water partition coefficient (Wildman–Crippen LogP) is 3.35. The summed E-state index contributed by atoms with van der Waals surface area (Å²) in [6.07, 6.45) is 2.40. The van der Waals surface area contributed by atoms with Crippen molar-refractivity contribution in [1.82, 2.24) is 5.32 Å². The van der Waals surface area contributed by atoms with Crippen molar-refractivity contribution in [2.75, 3.05) is 20.2 Å². The highest BCUT2D eigenvalue weighted by atomic mass is 79.9. The van der Waals surface area contributed by atoms with Gasteiger partial charge in [-0.15, -0.1) is 0 Å². The summed E-state index contributed by atoms with van der Waals surface area (Å²) in [6.45, 7) is 2.05. The maximum atomic E-state index is 5.99. The molecule has 1 heterocycles. The van der Waals surface area contributed by atoms with Crippen molar-refractivity contribution in [3.63, 3.8) is 0 Å². The predicted molar refractivity (Wildman–Crippen MR) is 74.9 cm³/mol. The van der Waals surface area contributed by atoms with Crippen LogP contribution in [-0.2, 0) is 0 Å². The largest absolute Gasteiger partial charge is 0.496 e. The summed E-state index contributed by atoms with van der Waals surface area (Å²) in [4.78, 5) is 0. The van der Waals surface area contributed by atoms with Crippen molar-refractivity contribution >= 4 is 31.9 Å². The van der Waals surface area contributed by atoms with E-state index >= 15 is 0 Å². The second-order valence-corrected chi connectivity index (χ2v) is 5.69. The van der Waals surface area contributed by atoms with Gasteiger partial charge in [-0.2, -0.15) is 0 Å². The lowest BCUT2D eigenvalue weighted by molar-refractivity contribution is 0.161. The van der Waals surface area contributed by atoms with Crippen LogP contribution >= 0.6 is 31.9 Å². The molecule has 0 spiro atoms. The molecule has 1 fully saturated rings. The first-order valence-corrected chi connectivity index (χ1v) is 7.19. The number of hydrogen-bond donors (Lipinski definition) is 1. The summed E-state index contributed by atoms with van der Waals surface area (Å²) in [5.74, 6) is 1.67. The van der Waals surface area contributed by atoms with Crippen LogP contribution in [0.1, 0.15) is 12.8 Å². The number of halogens is 2. The molecule has 0 radical (unpaired) electrons. The summed E-state index contributed by atoms with van der Waals surface area (Å²) < 4.78 is 13.1. The molecule has 1 saturated heterocycles. The lowest BCUT2D eigenvalue weighted by Crippen LogP contribution is -2.34. The van der Waals surface area contributed by atoms with Gasteiger partial charge in [0.1, 0.15) is 17.6 Å². The van der Waals surface area contributed by atoms with Gasteiger partial charge in [0, 0.05) is 0 Å². The number of nitrogens with one attached hydrogen (secondary N) is 1. The molecule has 0 aliphatic carbocycles. The third kappa shape index (κ3) is 3.36. The quantitative estimate of drug-likeness (QED) is 0.892. The van der Waals surface area contributed by atoms with Gasteiger partial charge in [-0.05, 0) is 69.9 Å². The van der Waals surface area contributed by atoms with Crippen molar-refractivity contribution < 1.29 is 9.47 Å². The topological polar surface area (TPSA) is 30.5 Å². The van der Waals surface area contributed by atoms with Crippen molar-refractivity contribution in [1.29, 1.82) is 0 Å². The lowest BCUT2D eigenvalue weighted by atomic mass is 10.1. The number of rotatable bonds is 3. The van der Waals surface area contributed by atoms with E-state index in [0.29, 0.717) is 6.10 Å². The molecule has 5 heteroatoms. The van der Waals surface area contributed by atoms with E-state index in [1.807, 2.05) is 12.1 Å². The maximum absolute atomic E-state index is 5.99. The van der Waals surface area contributed by atoms with E-state index in [9.17, 15) is 0 Å². The highest BCUT2D eigenvalue weighted by Crippen LogP contribution is 2.36. The molecule has 2 rings (SSSR count). The van der Waals surface area contributed by atoms with E-state index in [2.05, 4.69) is 37.2 Å². The summed E-state index contributed by atoms with van der Waals surface area (Å²) in [5.41, 5.74) is 0. The van der Waals surface area contributed by atoms with E-state index in [-0.39, 0.29) is 0 Å². The Kier molecular flexibility index (Phi) is 4.70. The number of ether oxygens (including phenoxy) is 2. The number of methoxy groups -OCH3 is 1. The van der Waals surface area contributed by atoms with E-state index in [0.717, 1.165) is 46.4 Å². The van der Waals surface area contributed by atoms with Crippen LogP contribution in [0.15, 0.2) is 21.1 Å². The van der Waals surface area contributed by atoms with Crippen molar-refractivity contribution in [2.24, 2.45) is 0 Å². The Labute approximate surface area is 118 Å². The molecule has 1 aromatic rings. The molecule has 1 aromatic carbocycles. The van der Waals surface area contributed by atoms with Gasteiger partial charge >= 0.3 is 0 Å². The van der Waals surface area contributed by atoms with E-state index < -0.39 is 0 Å². The van der Waals surface area contributed by atoms with Gasteiger partial charge < -0.3 is 14.8 Å². The molecule has 0 bridgehead atoms. The van der Waals surface area contributed by atoms with Gasteiger partial charge in [-0.25, -0.2) is 0 Å². The van der Waals surface area contributed by atoms with E-state index in [1.165, 1.54) is 0 Å². The fourth-order valence-corrected chi connectivity index (χ4v) is 2.75. The van der Waals surface area contributed by atoms with Crippen LogP contribution < -0.4 is 14.8 Å². The fourth-order valence-electron chi connectivity index (χ4n) is 1.85. The second-order valence-electron chi connectivity index (χ2n) is 3.98. The van der Waals surface area contributed by atoms with Crippen LogP contribution in [0.2, 0.25) is 0 Å². The average Bonchev–Trinajstić information content (AvgIpc) is 2.34. The van der Waals surface area contributed by atoms with Crippen LogP contribution in [0.25, 0.3) is 0 Å². The summed E-state index contributed by atoms with van der Waals surface area (Å²) >= 11 is 6.98. The average molecular weight is 365 g/mol. The first kappa shape index (κ1) is 13.2. The van der Waals surface area contributed by atoms with Crippen molar-refractivity contribution in [2.45, 2.75) is 18.9 Å². The molecule has 1 N–H and O–H groups in total. The normalized spacial score (nSPS) is 16.9. The molecular weight excluding hydrogens is 350 g/mol.